The third-order valence-electron chi connectivity index (χ3n) is 4.30. The fraction of sp³-hybridized carbons (Fsp3) is 0.438. The van der Waals surface area contributed by atoms with Crippen molar-refractivity contribution in [2.75, 3.05) is 25.1 Å². The third-order valence-corrected chi connectivity index (χ3v) is 5.19. The molecule has 4 nitrogen and oxygen atoms in total. The molecule has 2 fully saturated rings. The molecule has 1 aliphatic carbocycles. The lowest BCUT2D eigenvalue weighted by Crippen LogP contribution is -2.51. The van der Waals surface area contributed by atoms with Crippen LogP contribution in [0, 0.1) is 5.92 Å². The summed E-state index contributed by atoms with van der Waals surface area (Å²) in [5.74, 6) is 0.635. The highest BCUT2D eigenvalue weighted by atomic mass is 32.1. The molecule has 1 aromatic carbocycles. The number of nitrogens with zero attached hydrogens (tertiary/aromatic N) is 1. The molecule has 0 bridgehead atoms. The Morgan fingerprint density at radius 3 is 3.10 bits per heavy atom. The average molecular weight is 302 g/mol. The first-order valence-corrected chi connectivity index (χ1v) is 8.32. The summed E-state index contributed by atoms with van der Waals surface area (Å²) in [5, 5.41) is 6.29. The van der Waals surface area contributed by atoms with Crippen molar-refractivity contribution in [3.8, 4) is 0 Å². The van der Waals surface area contributed by atoms with E-state index < -0.39 is 0 Å². The molecule has 5 heteroatoms. The van der Waals surface area contributed by atoms with Gasteiger partial charge in [0.2, 0.25) is 0 Å². The molecule has 1 aliphatic heterocycles. The van der Waals surface area contributed by atoms with Crippen molar-refractivity contribution in [1.82, 2.24) is 4.90 Å². The number of hydrogen-bond donors (Lipinski definition) is 1. The molecule has 4 rings (SSSR count). The van der Waals surface area contributed by atoms with Gasteiger partial charge in [-0.1, -0.05) is 0 Å². The molecular formula is C16H18N2O2S. The Hall–Kier alpha value is -1.59. The highest BCUT2D eigenvalue weighted by Gasteiger charge is 2.39. The maximum Gasteiger partial charge on any atom is 0.322 e. The van der Waals surface area contributed by atoms with Gasteiger partial charge >= 0.3 is 6.03 Å². The van der Waals surface area contributed by atoms with Crippen LogP contribution in [0.25, 0.3) is 10.1 Å². The van der Waals surface area contributed by atoms with E-state index >= 15 is 0 Å². The Morgan fingerprint density at radius 2 is 2.24 bits per heavy atom. The number of anilines is 1. The molecule has 0 radical (unpaired) electrons. The number of ether oxygens (including phenoxy) is 1. The quantitative estimate of drug-likeness (QED) is 0.922. The van der Waals surface area contributed by atoms with Crippen molar-refractivity contribution in [3.63, 3.8) is 0 Å². The van der Waals surface area contributed by atoms with E-state index in [4.69, 9.17) is 4.74 Å². The zero-order valence-corrected chi connectivity index (χ0v) is 12.6. The van der Waals surface area contributed by atoms with Crippen LogP contribution in [0.3, 0.4) is 0 Å². The second kappa shape index (κ2) is 5.31. The molecule has 21 heavy (non-hydrogen) atoms. The lowest BCUT2D eigenvalue weighted by atomic mass is 10.1. The number of urea groups is 1. The van der Waals surface area contributed by atoms with Crippen LogP contribution >= 0.6 is 11.3 Å². The monoisotopic (exact) mass is 302 g/mol. The highest BCUT2D eigenvalue weighted by Crippen LogP contribution is 2.36. The van der Waals surface area contributed by atoms with Crippen molar-refractivity contribution in [1.29, 1.82) is 0 Å². The number of carbonyl (C=O) groups excluding carboxylic acids is 1. The van der Waals surface area contributed by atoms with E-state index in [9.17, 15) is 4.79 Å². The maximum absolute atomic E-state index is 12.5. The predicted molar refractivity (Wildman–Crippen MR) is 84.9 cm³/mol. The van der Waals surface area contributed by atoms with Gasteiger partial charge in [0.1, 0.15) is 0 Å². The zero-order valence-electron chi connectivity index (χ0n) is 11.7. The number of morpholine rings is 1. The lowest BCUT2D eigenvalue weighted by molar-refractivity contribution is 0.00773. The van der Waals surface area contributed by atoms with Crippen LogP contribution in [0.2, 0.25) is 0 Å². The Labute approximate surface area is 127 Å². The Bertz CT molecular complexity index is 665. The molecule has 2 amide bonds. The van der Waals surface area contributed by atoms with Gasteiger partial charge < -0.3 is 15.0 Å². The minimum atomic E-state index is 0.00443. The second-order valence-corrected chi connectivity index (χ2v) is 6.72. The van der Waals surface area contributed by atoms with Crippen molar-refractivity contribution >= 4 is 33.1 Å². The summed E-state index contributed by atoms with van der Waals surface area (Å²) < 4.78 is 6.79. The smallest absolute Gasteiger partial charge is 0.322 e. The van der Waals surface area contributed by atoms with E-state index in [1.165, 1.54) is 22.9 Å². The van der Waals surface area contributed by atoms with Gasteiger partial charge in [-0.3, -0.25) is 0 Å². The molecule has 2 aliphatic rings. The van der Waals surface area contributed by atoms with Gasteiger partial charge in [-0.2, -0.15) is 0 Å². The first-order chi connectivity index (χ1) is 10.3. The summed E-state index contributed by atoms with van der Waals surface area (Å²) in [7, 11) is 0. The highest BCUT2D eigenvalue weighted by molar-refractivity contribution is 7.17. The summed E-state index contributed by atoms with van der Waals surface area (Å²) in [5.41, 5.74) is 0.868. The van der Waals surface area contributed by atoms with Crippen LogP contribution < -0.4 is 5.32 Å². The number of carbonyl (C=O) groups is 1. The number of rotatable bonds is 2. The van der Waals surface area contributed by atoms with Crippen molar-refractivity contribution in [3.05, 3.63) is 29.6 Å². The summed E-state index contributed by atoms with van der Waals surface area (Å²) >= 11 is 1.72. The standard InChI is InChI=1S/C16H18N2O2S/c19-16(18-6-7-20-10-14(18)11-1-2-11)17-13-3-4-15-12(9-13)5-8-21-15/h3-5,8-9,11,14H,1-2,6-7,10H2,(H,17,19). The number of thiophene rings is 1. The van der Waals surface area contributed by atoms with Gasteiger partial charge in [-0.05, 0) is 53.8 Å². The first-order valence-electron chi connectivity index (χ1n) is 7.44. The van der Waals surface area contributed by atoms with Crippen LogP contribution in [0.1, 0.15) is 12.8 Å². The molecule has 110 valence electrons. The van der Waals surface area contributed by atoms with E-state index in [0.29, 0.717) is 25.7 Å². The van der Waals surface area contributed by atoms with Gasteiger partial charge in [0, 0.05) is 16.9 Å². The van der Waals surface area contributed by atoms with Crippen LogP contribution in [-0.4, -0.2) is 36.7 Å². The molecule has 0 spiro atoms. The molecule has 1 unspecified atom stereocenters. The SMILES string of the molecule is O=C(Nc1ccc2sccc2c1)N1CCOCC1C1CC1. The summed E-state index contributed by atoms with van der Waals surface area (Å²) in [6.45, 7) is 2.01. The molecule has 1 saturated heterocycles. The molecule has 1 N–H and O–H groups in total. The predicted octanol–water partition coefficient (Wildman–Crippen LogP) is 3.54. The van der Waals surface area contributed by atoms with Crippen molar-refractivity contribution < 1.29 is 9.53 Å². The molecule has 1 atom stereocenters. The van der Waals surface area contributed by atoms with Gasteiger partial charge in [0.15, 0.2) is 0 Å². The maximum atomic E-state index is 12.5. The van der Waals surface area contributed by atoms with E-state index in [0.717, 1.165) is 5.69 Å². The Balaban J connectivity index is 1.50. The van der Waals surface area contributed by atoms with E-state index in [2.05, 4.69) is 22.8 Å². The van der Waals surface area contributed by atoms with Crippen LogP contribution in [0.4, 0.5) is 10.5 Å². The minimum Gasteiger partial charge on any atom is -0.377 e. The summed E-state index contributed by atoms with van der Waals surface area (Å²) in [6, 6.07) is 8.41. The number of hydrogen-bond acceptors (Lipinski definition) is 3. The molecule has 1 saturated carbocycles. The second-order valence-electron chi connectivity index (χ2n) is 5.78. The van der Waals surface area contributed by atoms with E-state index in [1.807, 2.05) is 17.0 Å². The number of amides is 2. The molecule has 2 heterocycles. The van der Waals surface area contributed by atoms with Crippen LogP contribution in [0.15, 0.2) is 29.6 Å². The van der Waals surface area contributed by atoms with Crippen molar-refractivity contribution in [2.45, 2.75) is 18.9 Å². The fourth-order valence-electron chi connectivity index (χ4n) is 2.99. The topological polar surface area (TPSA) is 41.6 Å². The van der Waals surface area contributed by atoms with Crippen molar-refractivity contribution in [2.24, 2.45) is 5.92 Å². The first kappa shape index (κ1) is 13.1. The lowest BCUT2D eigenvalue weighted by Gasteiger charge is -2.35. The Kier molecular flexibility index (Phi) is 3.31. The fourth-order valence-corrected chi connectivity index (χ4v) is 3.76. The molecular weight excluding hydrogens is 284 g/mol. The summed E-state index contributed by atoms with van der Waals surface area (Å²) in [4.78, 5) is 14.5. The average Bonchev–Trinajstić information content (AvgIpc) is 3.25. The van der Waals surface area contributed by atoms with Gasteiger partial charge in [0.05, 0.1) is 19.3 Å². The summed E-state index contributed by atoms with van der Waals surface area (Å²) in [6.07, 6.45) is 2.44. The van der Waals surface area contributed by atoms with E-state index in [-0.39, 0.29) is 12.1 Å². The third kappa shape index (κ3) is 2.63. The van der Waals surface area contributed by atoms with Crippen LogP contribution in [0.5, 0.6) is 0 Å². The number of nitrogens with one attached hydrogen (secondary N) is 1. The number of benzene rings is 1. The van der Waals surface area contributed by atoms with E-state index in [1.54, 1.807) is 11.3 Å². The molecule has 1 aromatic heterocycles. The number of fused-ring (bicyclic) bond motifs is 1. The van der Waals surface area contributed by atoms with Gasteiger partial charge in [-0.15, -0.1) is 11.3 Å². The zero-order chi connectivity index (χ0) is 14.2. The van der Waals surface area contributed by atoms with Crippen LogP contribution in [-0.2, 0) is 4.74 Å². The Morgan fingerprint density at radius 1 is 1.33 bits per heavy atom. The van der Waals surface area contributed by atoms with Gasteiger partial charge in [-0.25, -0.2) is 4.79 Å². The normalized spacial score (nSPS) is 22.5. The largest absolute Gasteiger partial charge is 0.377 e. The van der Waals surface area contributed by atoms with Gasteiger partial charge in [0.25, 0.3) is 0 Å². The molecule has 2 aromatic rings. The minimum absolute atomic E-state index is 0.00443.